The second-order valence-electron chi connectivity index (χ2n) is 11.5. The van der Waals surface area contributed by atoms with Crippen LogP contribution in [0.1, 0.15) is 54.5 Å². The number of rotatable bonds is 4. The molecule has 0 aromatic heterocycles. The van der Waals surface area contributed by atoms with Gasteiger partial charge >= 0.3 is 0 Å². The van der Waals surface area contributed by atoms with Crippen molar-refractivity contribution in [3.05, 3.63) is 155 Å². The fraction of sp³-hybridized carbons (Fsp3) is 0.150. The van der Waals surface area contributed by atoms with Crippen molar-refractivity contribution in [1.29, 1.82) is 0 Å². The first kappa shape index (κ1) is 24.2. The topological polar surface area (TPSA) is 9.23 Å². The van der Waals surface area contributed by atoms with Crippen LogP contribution in [0.15, 0.2) is 127 Å². The minimum atomic E-state index is -0.748. The average Bonchev–Trinajstić information content (AvgIpc) is 3.35. The van der Waals surface area contributed by atoms with Crippen molar-refractivity contribution in [2.24, 2.45) is 0 Å². The van der Waals surface area contributed by atoms with Gasteiger partial charge in [0.2, 0.25) is 0 Å². The third-order valence-electron chi connectivity index (χ3n) is 9.73. The van der Waals surface area contributed by atoms with Gasteiger partial charge in [-0.3, -0.25) is 0 Å². The largest absolute Gasteiger partial charge is 0.472 e. The van der Waals surface area contributed by atoms with E-state index in [1.165, 1.54) is 49.4 Å². The Morgan fingerprint density at radius 2 is 1.29 bits per heavy atom. The molecular weight excluding hydrogens is 496 g/mol. The zero-order valence-corrected chi connectivity index (χ0v) is 23.5. The van der Waals surface area contributed by atoms with Gasteiger partial charge < -0.3 is 4.74 Å². The minimum Gasteiger partial charge on any atom is -0.472 e. The van der Waals surface area contributed by atoms with E-state index in [0.29, 0.717) is 0 Å². The van der Waals surface area contributed by atoms with E-state index < -0.39 is 5.60 Å². The van der Waals surface area contributed by atoms with Crippen LogP contribution < -0.4 is 4.74 Å². The number of ether oxygens (including phenoxy) is 1. The van der Waals surface area contributed by atoms with Gasteiger partial charge in [-0.1, -0.05) is 135 Å². The Kier molecular flexibility index (Phi) is 5.28. The summed E-state index contributed by atoms with van der Waals surface area (Å²) in [5.41, 5.74) is 8.31. The molecule has 1 unspecified atom stereocenters. The molecule has 1 aliphatic heterocycles. The van der Waals surface area contributed by atoms with E-state index in [-0.39, 0.29) is 5.41 Å². The summed E-state index contributed by atoms with van der Waals surface area (Å²) in [4.78, 5) is 0. The van der Waals surface area contributed by atoms with Gasteiger partial charge in [-0.25, -0.2) is 0 Å². The highest BCUT2D eigenvalue weighted by molar-refractivity contribution is 6.08. The summed E-state index contributed by atoms with van der Waals surface area (Å²) in [6, 6.07) is 43.9. The van der Waals surface area contributed by atoms with Crippen molar-refractivity contribution in [2.75, 3.05) is 0 Å². The first-order valence-electron chi connectivity index (χ1n) is 14.8. The maximum absolute atomic E-state index is 7.47. The quantitative estimate of drug-likeness (QED) is 0.221. The van der Waals surface area contributed by atoms with Crippen LogP contribution in [0.2, 0.25) is 0 Å². The van der Waals surface area contributed by atoms with Gasteiger partial charge in [-0.05, 0) is 63.4 Å². The third-order valence-corrected chi connectivity index (χ3v) is 9.73. The van der Waals surface area contributed by atoms with Crippen molar-refractivity contribution in [1.82, 2.24) is 0 Å². The van der Waals surface area contributed by atoms with Crippen molar-refractivity contribution in [3.8, 4) is 16.9 Å². The zero-order chi connectivity index (χ0) is 27.6. The Balaban J connectivity index is 1.46. The summed E-state index contributed by atoms with van der Waals surface area (Å²) in [7, 11) is 0. The number of hydrogen-bond donors (Lipinski definition) is 0. The first-order chi connectivity index (χ1) is 20.2. The molecule has 6 aromatic carbocycles. The Bertz CT molecular complexity index is 1990. The highest BCUT2D eigenvalue weighted by Crippen LogP contribution is 2.60. The van der Waals surface area contributed by atoms with Crippen LogP contribution in [0.25, 0.3) is 38.7 Å². The van der Waals surface area contributed by atoms with E-state index in [2.05, 4.69) is 147 Å². The van der Waals surface area contributed by atoms with Gasteiger partial charge in [0.1, 0.15) is 5.75 Å². The Morgan fingerprint density at radius 3 is 2.10 bits per heavy atom. The van der Waals surface area contributed by atoms with Crippen molar-refractivity contribution < 1.29 is 4.74 Å². The smallest absolute Gasteiger partial charge is 0.178 e. The van der Waals surface area contributed by atoms with Gasteiger partial charge in [-0.15, -0.1) is 0 Å². The molecule has 0 N–H and O–H groups in total. The molecule has 1 aliphatic carbocycles. The van der Waals surface area contributed by atoms with Crippen LogP contribution in [-0.4, -0.2) is 0 Å². The maximum atomic E-state index is 7.47. The van der Waals surface area contributed by atoms with Crippen molar-refractivity contribution >= 4 is 27.6 Å². The molecule has 0 fully saturated rings. The van der Waals surface area contributed by atoms with Crippen LogP contribution in [0.3, 0.4) is 0 Å². The standard InChI is InChI=1S/C40H32O/c1-3-39(4-2)35-21-13-12-20-33(35)36-31-18-10-11-19-32(31)38-34(37(36)39)24-25-40(41-38,29-16-6-5-7-17-29)30-23-22-27-14-8-9-15-28(27)26-30/h5-26H,3-4H2,1-2H3. The Hall–Kier alpha value is -4.62. The van der Waals surface area contributed by atoms with Crippen LogP contribution in [0.5, 0.6) is 5.75 Å². The average molecular weight is 529 g/mol. The van der Waals surface area contributed by atoms with Crippen LogP contribution in [0.4, 0.5) is 0 Å². The molecule has 0 radical (unpaired) electrons. The molecular formula is C40H32O. The summed E-state index contributed by atoms with van der Waals surface area (Å²) in [6.45, 7) is 4.68. The lowest BCUT2D eigenvalue weighted by Crippen LogP contribution is -2.35. The van der Waals surface area contributed by atoms with Gasteiger partial charge in [-0.2, -0.15) is 0 Å². The molecule has 41 heavy (non-hydrogen) atoms. The molecule has 198 valence electrons. The van der Waals surface area contributed by atoms with Gasteiger partial charge in [0.15, 0.2) is 5.60 Å². The summed E-state index contributed by atoms with van der Waals surface area (Å²) in [5, 5.41) is 4.89. The molecule has 6 aromatic rings. The van der Waals surface area contributed by atoms with E-state index in [1.807, 2.05) is 0 Å². The van der Waals surface area contributed by atoms with Gasteiger partial charge in [0.25, 0.3) is 0 Å². The normalized spacial score (nSPS) is 18.1. The van der Waals surface area contributed by atoms with E-state index in [4.69, 9.17) is 4.74 Å². The lowest BCUT2D eigenvalue weighted by atomic mass is 9.71. The van der Waals surface area contributed by atoms with Crippen molar-refractivity contribution in [2.45, 2.75) is 37.7 Å². The molecule has 1 heteroatoms. The summed E-state index contributed by atoms with van der Waals surface area (Å²) >= 11 is 0. The molecule has 0 amide bonds. The van der Waals surface area contributed by atoms with Gasteiger partial charge in [0, 0.05) is 27.5 Å². The zero-order valence-electron chi connectivity index (χ0n) is 23.5. The molecule has 0 saturated carbocycles. The summed E-state index contributed by atoms with van der Waals surface area (Å²) < 4.78 is 7.47. The first-order valence-corrected chi connectivity index (χ1v) is 14.8. The van der Waals surface area contributed by atoms with E-state index in [9.17, 15) is 0 Å². The van der Waals surface area contributed by atoms with E-state index >= 15 is 0 Å². The molecule has 8 rings (SSSR count). The van der Waals surface area contributed by atoms with Crippen LogP contribution in [0, 0.1) is 0 Å². The number of benzene rings is 6. The van der Waals surface area contributed by atoms with E-state index in [1.54, 1.807) is 0 Å². The lowest BCUT2D eigenvalue weighted by Gasteiger charge is -2.39. The number of fused-ring (bicyclic) bond motifs is 9. The second kappa shape index (κ2) is 8.94. The fourth-order valence-corrected chi connectivity index (χ4v) is 7.69. The van der Waals surface area contributed by atoms with Crippen LogP contribution >= 0.6 is 0 Å². The minimum absolute atomic E-state index is 0.0521. The maximum Gasteiger partial charge on any atom is 0.178 e. The molecule has 2 aliphatic rings. The number of hydrogen-bond acceptors (Lipinski definition) is 1. The predicted octanol–water partition coefficient (Wildman–Crippen LogP) is 10.4. The Morgan fingerprint density at radius 1 is 0.610 bits per heavy atom. The molecule has 1 nitrogen and oxygen atoms in total. The van der Waals surface area contributed by atoms with Gasteiger partial charge in [0.05, 0.1) is 0 Å². The molecule has 0 spiro atoms. The molecule has 0 saturated heterocycles. The fourth-order valence-electron chi connectivity index (χ4n) is 7.69. The molecule has 0 bridgehead atoms. The predicted molar refractivity (Wildman–Crippen MR) is 172 cm³/mol. The SMILES string of the molecule is CCC1(CC)c2ccccc2-c2c1c1c(c3ccccc23)OC(c2ccccc2)(c2ccc3ccccc3c2)C=C1. The van der Waals surface area contributed by atoms with Crippen LogP contribution in [-0.2, 0) is 11.0 Å². The Labute approximate surface area is 241 Å². The highest BCUT2D eigenvalue weighted by atomic mass is 16.5. The van der Waals surface area contributed by atoms with Crippen molar-refractivity contribution in [3.63, 3.8) is 0 Å². The molecule has 1 heterocycles. The van der Waals surface area contributed by atoms with E-state index in [0.717, 1.165) is 29.7 Å². The molecule has 1 atom stereocenters. The highest BCUT2D eigenvalue weighted by Gasteiger charge is 2.46. The monoisotopic (exact) mass is 528 g/mol. The lowest BCUT2D eigenvalue weighted by molar-refractivity contribution is 0.163. The summed E-state index contributed by atoms with van der Waals surface area (Å²) in [5.74, 6) is 0.984. The second-order valence-corrected chi connectivity index (χ2v) is 11.5. The third kappa shape index (κ3) is 3.24. The summed E-state index contributed by atoms with van der Waals surface area (Å²) in [6.07, 6.45) is 6.77.